The second kappa shape index (κ2) is 7.07. The molecule has 5 heteroatoms. The number of amides is 1. The highest BCUT2D eigenvalue weighted by Gasteiger charge is 2.21. The topological polar surface area (TPSA) is 50.2 Å². The van der Waals surface area contributed by atoms with Crippen LogP contribution in [0, 0.1) is 0 Å². The van der Waals surface area contributed by atoms with Crippen LogP contribution in [-0.4, -0.2) is 46.8 Å². The third kappa shape index (κ3) is 3.64. The number of piperidine rings is 1. The van der Waals surface area contributed by atoms with E-state index in [2.05, 4.69) is 10.4 Å². The van der Waals surface area contributed by atoms with Gasteiger partial charge < -0.3 is 10.2 Å². The molecule has 1 aromatic rings. The lowest BCUT2D eigenvalue weighted by atomic mass is 10.1. The predicted octanol–water partition coefficient (Wildman–Crippen LogP) is 2.21. The molecule has 2 aliphatic rings. The summed E-state index contributed by atoms with van der Waals surface area (Å²) >= 11 is 0. The predicted molar refractivity (Wildman–Crippen MR) is 82.4 cm³/mol. The number of carbonyl (C=O) groups excluding carboxylic acids is 1. The zero-order valence-electron chi connectivity index (χ0n) is 12.8. The van der Waals surface area contributed by atoms with Crippen LogP contribution in [0.1, 0.15) is 61.5 Å². The van der Waals surface area contributed by atoms with Crippen LogP contribution in [0.25, 0.3) is 0 Å². The Kier molecular flexibility index (Phi) is 4.91. The summed E-state index contributed by atoms with van der Waals surface area (Å²) in [7, 11) is 0. The van der Waals surface area contributed by atoms with Crippen LogP contribution in [0.15, 0.2) is 12.3 Å². The van der Waals surface area contributed by atoms with E-state index in [9.17, 15) is 4.79 Å². The molecule has 1 N–H and O–H groups in total. The van der Waals surface area contributed by atoms with Crippen molar-refractivity contribution in [2.45, 2.75) is 51.0 Å². The SMILES string of the molecule is O=C(c1ccn(C2CCCNC2)n1)N1CCCCCCC1. The van der Waals surface area contributed by atoms with Gasteiger partial charge in [-0.15, -0.1) is 0 Å². The highest BCUT2D eigenvalue weighted by molar-refractivity contribution is 5.92. The molecule has 5 nitrogen and oxygen atoms in total. The average Bonchev–Trinajstić information content (AvgIpc) is 2.97. The van der Waals surface area contributed by atoms with Crippen molar-refractivity contribution in [2.75, 3.05) is 26.2 Å². The van der Waals surface area contributed by atoms with E-state index in [1.807, 2.05) is 21.8 Å². The van der Waals surface area contributed by atoms with Gasteiger partial charge in [0, 0.05) is 25.8 Å². The van der Waals surface area contributed by atoms with Crippen molar-refractivity contribution in [3.8, 4) is 0 Å². The molecule has 1 unspecified atom stereocenters. The second-order valence-corrected chi connectivity index (χ2v) is 6.24. The highest BCUT2D eigenvalue weighted by Crippen LogP contribution is 2.17. The standard InChI is InChI=1S/C16H26N4O/c21-16(19-10-4-2-1-3-5-11-19)15-8-12-20(18-15)14-7-6-9-17-13-14/h8,12,14,17H,1-7,9-11,13H2. The fourth-order valence-electron chi connectivity index (χ4n) is 3.33. The average molecular weight is 290 g/mol. The molecule has 2 saturated heterocycles. The zero-order chi connectivity index (χ0) is 14.5. The molecule has 1 aromatic heterocycles. The van der Waals surface area contributed by atoms with Gasteiger partial charge in [0.25, 0.3) is 5.91 Å². The van der Waals surface area contributed by atoms with Gasteiger partial charge in [-0.2, -0.15) is 5.10 Å². The first-order chi connectivity index (χ1) is 10.3. The molecule has 0 aliphatic carbocycles. The highest BCUT2D eigenvalue weighted by atomic mass is 16.2. The molecule has 0 bridgehead atoms. The summed E-state index contributed by atoms with van der Waals surface area (Å²) in [6.45, 7) is 3.82. The van der Waals surface area contributed by atoms with Crippen molar-refractivity contribution in [3.05, 3.63) is 18.0 Å². The van der Waals surface area contributed by atoms with Crippen LogP contribution in [0.2, 0.25) is 0 Å². The summed E-state index contributed by atoms with van der Waals surface area (Å²) in [6, 6.07) is 2.28. The van der Waals surface area contributed by atoms with Crippen LogP contribution < -0.4 is 5.32 Å². The van der Waals surface area contributed by atoms with Gasteiger partial charge in [0.05, 0.1) is 6.04 Å². The summed E-state index contributed by atoms with van der Waals surface area (Å²) in [5, 5.41) is 7.94. The number of likely N-dealkylation sites (tertiary alicyclic amines) is 1. The van der Waals surface area contributed by atoms with E-state index in [0.717, 1.165) is 45.4 Å². The molecule has 1 atom stereocenters. The molecule has 3 heterocycles. The largest absolute Gasteiger partial charge is 0.337 e. The molecule has 2 aliphatic heterocycles. The summed E-state index contributed by atoms with van der Waals surface area (Å²) in [5.41, 5.74) is 0.612. The van der Waals surface area contributed by atoms with Gasteiger partial charge in [0.15, 0.2) is 0 Å². The fraction of sp³-hybridized carbons (Fsp3) is 0.750. The van der Waals surface area contributed by atoms with Gasteiger partial charge >= 0.3 is 0 Å². The van der Waals surface area contributed by atoms with E-state index >= 15 is 0 Å². The Morgan fingerprint density at radius 3 is 2.62 bits per heavy atom. The Labute approximate surface area is 126 Å². The quantitative estimate of drug-likeness (QED) is 0.908. The van der Waals surface area contributed by atoms with Crippen LogP contribution in [0.4, 0.5) is 0 Å². The smallest absolute Gasteiger partial charge is 0.274 e. The first-order valence-electron chi connectivity index (χ1n) is 8.40. The minimum absolute atomic E-state index is 0.111. The molecule has 2 fully saturated rings. The monoisotopic (exact) mass is 290 g/mol. The van der Waals surface area contributed by atoms with Crippen LogP contribution in [-0.2, 0) is 0 Å². The van der Waals surface area contributed by atoms with Crippen molar-refractivity contribution in [2.24, 2.45) is 0 Å². The molecule has 0 aromatic carbocycles. The molecule has 21 heavy (non-hydrogen) atoms. The number of carbonyl (C=O) groups is 1. The number of nitrogens with zero attached hydrogens (tertiary/aromatic N) is 3. The molecular formula is C16H26N4O. The maximum atomic E-state index is 12.6. The normalized spacial score (nSPS) is 24.4. The molecule has 0 radical (unpaired) electrons. The first kappa shape index (κ1) is 14.6. The van der Waals surface area contributed by atoms with Crippen LogP contribution in [0.5, 0.6) is 0 Å². The Bertz CT molecular complexity index is 457. The van der Waals surface area contributed by atoms with Gasteiger partial charge in [0.1, 0.15) is 5.69 Å². The molecule has 0 saturated carbocycles. The van der Waals surface area contributed by atoms with Gasteiger partial charge in [0.2, 0.25) is 0 Å². The zero-order valence-corrected chi connectivity index (χ0v) is 12.8. The Balaban J connectivity index is 1.65. The summed E-state index contributed by atoms with van der Waals surface area (Å²) < 4.78 is 1.98. The molecule has 3 rings (SSSR count). The summed E-state index contributed by atoms with van der Waals surface area (Å²) in [5.74, 6) is 0.111. The summed E-state index contributed by atoms with van der Waals surface area (Å²) in [6.07, 6.45) is 10.3. The third-order valence-electron chi connectivity index (χ3n) is 4.62. The number of hydrogen-bond donors (Lipinski definition) is 1. The van der Waals surface area contributed by atoms with Gasteiger partial charge in [-0.3, -0.25) is 9.48 Å². The lowest BCUT2D eigenvalue weighted by molar-refractivity contribution is 0.0735. The number of rotatable bonds is 2. The van der Waals surface area contributed by atoms with E-state index in [4.69, 9.17) is 0 Å². The van der Waals surface area contributed by atoms with Gasteiger partial charge in [-0.25, -0.2) is 0 Å². The van der Waals surface area contributed by atoms with Crippen molar-refractivity contribution in [3.63, 3.8) is 0 Å². The lowest BCUT2D eigenvalue weighted by Gasteiger charge is -2.24. The lowest BCUT2D eigenvalue weighted by Crippen LogP contribution is -2.35. The van der Waals surface area contributed by atoms with Crippen LogP contribution in [0.3, 0.4) is 0 Å². The number of aromatic nitrogens is 2. The van der Waals surface area contributed by atoms with E-state index in [1.54, 1.807) is 0 Å². The molecular weight excluding hydrogens is 264 g/mol. The number of hydrogen-bond acceptors (Lipinski definition) is 3. The van der Waals surface area contributed by atoms with E-state index in [-0.39, 0.29) is 5.91 Å². The fourth-order valence-corrected chi connectivity index (χ4v) is 3.33. The maximum Gasteiger partial charge on any atom is 0.274 e. The van der Waals surface area contributed by atoms with Gasteiger partial charge in [-0.05, 0) is 38.3 Å². The second-order valence-electron chi connectivity index (χ2n) is 6.24. The Morgan fingerprint density at radius 1 is 1.14 bits per heavy atom. The Morgan fingerprint density at radius 2 is 1.90 bits per heavy atom. The number of nitrogens with one attached hydrogen (secondary N) is 1. The van der Waals surface area contributed by atoms with Crippen molar-refractivity contribution in [1.82, 2.24) is 20.0 Å². The summed E-state index contributed by atoms with van der Waals surface area (Å²) in [4.78, 5) is 14.6. The van der Waals surface area contributed by atoms with Crippen LogP contribution >= 0.6 is 0 Å². The molecule has 0 spiro atoms. The van der Waals surface area contributed by atoms with Gasteiger partial charge in [-0.1, -0.05) is 19.3 Å². The minimum Gasteiger partial charge on any atom is -0.337 e. The van der Waals surface area contributed by atoms with E-state index in [1.165, 1.54) is 25.7 Å². The Hall–Kier alpha value is -1.36. The van der Waals surface area contributed by atoms with E-state index < -0.39 is 0 Å². The maximum absolute atomic E-state index is 12.6. The van der Waals surface area contributed by atoms with Crippen molar-refractivity contribution >= 4 is 5.91 Å². The first-order valence-corrected chi connectivity index (χ1v) is 8.40. The van der Waals surface area contributed by atoms with E-state index in [0.29, 0.717) is 11.7 Å². The minimum atomic E-state index is 0.111. The van der Waals surface area contributed by atoms with Crippen molar-refractivity contribution in [1.29, 1.82) is 0 Å². The molecule has 1 amide bonds. The van der Waals surface area contributed by atoms with Crippen molar-refractivity contribution < 1.29 is 4.79 Å². The molecule has 116 valence electrons. The third-order valence-corrected chi connectivity index (χ3v) is 4.62.